The first-order valence-electron chi connectivity index (χ1n) is 13.3. The van der Waals surface area contributed by atoms with Crippen LogP contribution >= 0.6 is 0 Å². The first kappa shape index (κ1) is 26.4. The van der Waals surface area contributed by atoms with Crippen LogP contribution in [-0.2, 0) is 16.1 Å². The molecular weight excluding hydrogens is 382 g/mol. The number of benzene rings is 1. The van der Waals surface area contributed by atoms with E-state index < -0.39 is 0 Å². The summed E-state index contributed by atoms with van der Waals surface area (Å²) in [5.41, 5.74) is 1.28. The Kier molecular flexibility index (Phi) is 15.9. The molecule has 1 unspecified atom stereocenters. The third-order valence-corrected chi connectivity index (χ3v) is 6.50. The van der Waals surface area contributed by atoms with Crippen LogP contribution in [-0.4, -0.2) is 44.4 Å². The number of unbranched alkanes of at least 4 members (excludes halogenated alkanes) is 13. The Balaban J connectivity index is 1.20. The second-order valence-electron chi connectivity index (χ2n) is 9.53. The molecule has 0 aliphatic carbocycles. The minimum Gasteiger partial charge on any atom is -0.377 e. The van der Waals surface area contributed by atoms with Crippen LogP contribution in [0.4, 0.5) is 0 Å². The molecule has 1 atom stereocenters. The van der Waals surface area contributed by atoms with Gasteiger partial charge in [-0.3, -0.25) is 0 Å². The predicted molar refractivity (Wildman–Crippen MR) is 133 cm³/mol. The van der Waals surface area contributed by atoms with E-state index in [9.17, 15) is 0 Å². The molecule has 0 aromatic heterocycles. The molecule has 0 bridgehead atoms. The van der Waals surface area contributed by atoms with E-state index >= 15 is 0 Å². The molecule has 0 N–H and O–H groups in total. The van der Waals surface area contributed by atoms with Gasteiger partial charge in [-0.05, 0) is 31.9 Å². The molecule has 1 aliphatic heterocycles. The maximum Gasteiger partial charge on any atom is 0.0716 e. The first-order chi connectivity index (χ1) is 15.3. The third-order valence-electron chi connectivity index (χ3n) is 6.50. The Hall–Kier alpha value is -0.900. The molecule has 1 aromatic rings. The van der Waals surface area contributed by atoms with E-state index in [0.717, 1.165) is 26.4 Å². The van der Waals surface area contributed by atoms with E-state index in [4.69, 9.17) is 9.47 Å². The van der Waals surface area contributed by atoms with Crippen LogP contribution in [0.3, 0.4) is 0 Å². The second kappa shape index (κ2) is 18.7. The van der Waals surface area contributed by atoms with Gasteiger partial charge in [-0.15, -0.1) is 0 Å². The molecule has 31 heavy (non-hydrogen) atoms. The fourth-order valence-electron chi connectivity index (χ4n) is 4.47. The number of likely N-dealkylation sites (tertiary alicyclic amines) is 1. The van der Waals surface area contributed by atoms with Crippen LogP contribution in [0.1, 0.15) is 102 Å². The van der Waals surface area contributed by atoms with E-state index in [2.05, 4.69) is 42.3 Å². The van der Waals surface area contributed by atoms with Gasteiger partial charge in [0.25, 0.3) is 0 Å². The van der Waals surface area contributed by atoms with Gasteiger partial charge < -0.3 is 14.4 Å². The Bertz CT molecular complexity index is 507. The van der Waals surface area contributed by atoms with Crippen molar-refractivity contribution in [2.24, 2.45) is 0 Å². The van der Waals surface area contributed by atoms with Gasteiger partial charge in [0, 0.05) is 26.3 Å². The Morgan fingerprint density at radius 2 is 1.23 bits per heavy atom. The van der Waals surface area contributed by atoms with Gasteiger partial charge in [0.15, 0.2) is 0 Å². The van der Waals surface area contributed by atoms with Gasteiger partial charge in [0.1, 0.15) is 0 Å². The van der Waals surface area contributed by atoms with Crippen molar-refractivity contribution >= 4 is 0 Å². The van der Waals surface area contributed by atoms with Crippen molar-refractivity contribution in [2.75, 3.05) is 33.4 Å². The van der Waals surface area contributed by atoms with Crippen molar-refractivity contribution in [3.05, 3.63) is 35.9 Å². The Morgan fingerprint density at radius 3 is 1.74 bits per heavy atom. The van der Waals surface area contributed by atoms with Crippen molar-refractivity contribution < 1.29 is 9.47 Å². The van der Waals surface area contributed by atoms with Gasteiger partial charge in [0.05, 0.1) is 12.7 Å². The highest BCUT2D eigenvalue weighted by molar-refractivity contribution is 5.13. The number of ether oxygens (including phenoxy) is 2. The fraction of sp³-hybridized carbons (Fsp3) is 0.786. The molecular formula is C28H49NO2. The van der Waals surface area contributed by atoms with E-state index in [-0.39, 0.29) is 0 Å². The first-order valence-corrected chi connectivity index (χ1v) is 13.3. The summed E-state index contributed by atoms with van der Waals surface area (Å²) in [7, 11) is 2.19. The largest absolute Gasteiger partial charge is 0.377 e. The fourth-order valence-corrected chi connectivity index (χ4v) is 4.47. The maximum absolute atomic E-state index is 5.97. The lowest BCUT2D eigenvalue weighted by atomic mass is 10.0. The third kappa shape index (κ3) is 14.7. The summed E-state index contributed by atoms with van der Waals surface area (Å²) >= 11 is 0. The van der Waals surface area contributed by atoms with E-state index in [1.807, 2.05) is 0 Å². The molecule has 178 valence electrons. The summed E-state index contributed by atoms with van der Waals surface area (Å²) in [6, 6.07) is 10.5. The highest BCUT2D eigenvalue weighted by atomic mass is 16.5. The molecule has 1 saturated heterocycles. The zero-order valence-electron chi connectivity index (χ0n) is 20.4. The minimum absolute atomic E-state index is 0.504. The molecule has 1 aliphatic rings. The van der Waals surface area contributed by atoms with E-state index in [1.165, 1.54) is 108 Å². The van der Waals surface area contributed by atoms with Crippen molar-refractivity contribution in [3.8, 4) is 0 Å². The van der Waals surface area contributed by atoms with Crippen molar-refractivity contribution in [1.82, 2.24) is 4.90 Å². The molecule has 3 nitrogen and oxygen atoms in total. The number of rotatable bonds is 20. The summed E-state index contributed by atoms with van der Waals surface area (Å²) in [6.07, 6.45) is 21.0. The van der Waals surface area contributed by atoms with Crippen molar-refractivity contribution in [3.63, 3.8) is 0 Å². The Morgan fingerprint density at radius 1 is 0.710 bits per heavy atom. The number of likely N-dealkylation sites (N-methyl/N-ethyl adjacent to an activating group) is 1. The van der Waals surface area contributed by atoms with Gasteiger partial charge in [-0.1, -0.05) is 107 Å². The number of hydrogen-bond donors (Lipinski definition) is 0. The van der Waals surface area contributed by atoms with Crippen molar-refractivity contribution in [1.29, 1.82) is 0 Å². The van der Waals surface area contributed by atoms with Crippen molar-refractivity contribution in [2.45, 2.75) is 109 Å². The highest BCUT2D eigenvalue weighted by Gasteiger charge is 2.19. The lowest BCUT2D eigenvalue weighted by Crippen LogP contribution is -2.19. The molecule has 3 heteroatoms. The summed E-state index contributed by atoms with van der Waals surface area (Å²) < 4.78 is 11.7. The molecule has 0 amide bonds. The molecule has 1 heterocycles. The molecule has 2 rings (SSSR count). The van der Waals surface area contributed by atoms with Gasteiger partial charge in [-0.25, -0.2) is 0 Å². The van der Waals surface area contributed by atoms with Gasteiger partial charge in [0.2, 0.25) is 0 Å². The normalized spacial score (nSPS) is 16.9. The van der Waals surface area contributed by atoms with E-state index in [1.54, 1.807) is 0 Å². The lowest BCUT2D eigenvalue weighted by Gasteiger charge is -2.11. The number of nitrogens with zero attached hydrogens (tertiary/aromatic N) is 1. The maximum atomic E-state index is 5.97. The lowest BCUT2D eigenvalue weighted by molar-refractivity contribution is 0.0581. The van der Waals surface area contributed by atoms with E-state index in [0.29, 0.717) is 6.10 Å². The summed E-state index contributed by atoms with van der Waals surface area (Å²) in [4.78, 5) is 2.37. The smallest absolute Gasteiger partial charge is 0.0716 e. The SMILES string of the molecule is CN1CCC(OCCCCCCCCCCCCCCCCOCc2ccccc2)C1. The number of hydrogen-bond acceptors (Lipinski definition) is 3. The van der Waals surface area contributed by atoms with Crippen LogP contribution in [0.2, 0.25) is 0 Å². The molecule has 1 aromatic carbocycles. The predicted octanol–water partition coefficient (Wildman–Crippen LogP) is 7.39. The van der Waals surface area contributed by atoms with Gasteiger partial charge in [-0.2, -0.15) is 0 Å². The summed E-state index contributed by atoms with van der Waals surface area (Å²) in [5, 5.41) is 0. The average Bonchev–Trinajstić information content (AvgIpc) is 3.21. The van der Waals surface area contributed by atoms with Crippen LogP contribution in [0.25, 0.3) is 0 Å². The van der Waals surface area contributed by atoms with Crippen LogP contribution in [0.15, 0.2) is 30.3 Å². The second-order valence-corrected chi connectivity index (χ2v) is 9.53. The average molecular weight is 432 g/mol. The zero-order chi connectivity index (χ0) is 21.8. The highest BCUT2D eigenvalue weighted by Crippen LogP contribution is 2.14. The summed E-state index contributed by atoms with van der Waals surface area (Å²) in [6.45, 7) is 4.97. The molecule has 0 spiro atoms. The monoisotopic (exact) mass is 431 g/mol. The van der Waals surface area contributed by atoms with Crippen LogP contribution in [0, 0.1) is 0 Å². The molecule has 0 saturated carbocycles. The van der Waals surface area contributed by atoms with Crippen LogP contribution < -0.4 is 0 Å². The molecule has 0 radical (unpaired) electrons. The standard InChI is InChI=1S/C28H49NO2/c1-29-22-21-28(25-29)31-24-18-13-11-9-7-5-3-2-4-6-8-10-12-17-23-30-26-27-19-15-14-16-20-27/h14-16,19-20,28H,2-13,17-18,21-26H2,1H3. The van der Waals surface area contributed by atoms with Gasteiger partial charge >= 0.3 is 0 Å². The topological polar surface area (TPSA) is 21.7 Å². The molecule has 1 fully saturated rings. The Labute approximate surface area is 192 Å². The quantitative estimate of drug-likeness (QED) is 0.201. The minimum atomic E-state index is 0.504. The van der Waals surface area contributed by atoms with Crippen LogP contribution in [0.5, 0.6) is 0 Å². The zero-order valence-corrected chi connectivity index (χ0v) is 20.4. The summed E-state index contributed by atoms with van der Waals surface area (Å²) in [5.74, 6) is 0.